The van der Waals surface area contributed by atoms with Gasteiger partial charge in [0.25, 0.3) is 0 Å². The molecule has 42 valence electrons. The van der Waals surface area contributed by atoms with Crippen molar-refractivity contribution >= 4 is 0 Å². The Labute approximate surface area is 48.8 Å². The lowest BCUT2D eigenvalue weighted by Crippen LogP contribution is -2.20. The van der Waals surface area contributed by atoms with E-state index in [0.717, 1.165) is 6.54 Å². The van der Waals surface area contributed by atoms with Gasteiger partial charge in [0.1, 0.15) is 0 Å². The number of nitriles is 1. The Bertz CT molecular complexity index is 132. The molecule has 8 heavy (non-hydrogen) atoms. The number of nitrogens with zero attached hydrogens (tertiary/aromatic N) is 1. The molecule has 0 radical (unpaired) electrons. The quantitative estimate of drug-likeness (QED) is 0.494. The van der Waals surface area contributed by atoms with Gasteiger partial charge in [0.15, 0.2) is 0 Å². The molecule has 0 bridgehead atoms. The van der Waals surface area contributed by atoms with E-state index in [0.29, 0.717) is 12.5 Å². The first-order chi connectivity index (χ1) is 3.93. The third-order valence-electron chi connectivity index (χ3n) is 1.18. The Morgan fingerprint density at radius 2 is 2.75 bits per heavy atom. The van der Waals surface area contributed by atoms with Gasteiger partial charge in [-0.05, 0) is 0 Å². The fourth-order valence-electron chi connectivity index (χ4n) is 0.758. The van der Waals surface area contributed by atoms with Crippen LogP contribution in [-0.4, -0.2) is 12.6 Å². The highest BCUT2D eigenvalue weighted by Gasteiger charge is 2.04. The third-order valence-corrected chi connectivity index (χ3v) is 1.18. The lowest BCUT2D eigenvalue weighted by atomic mass is 10.2. The van der Waals surface area contributed by atoms with Crippen molar-refractivity contribution in [2.45, 2.75) is 12.5 Å². The summed E-state index contributed by atoms with van der Waals surface area (Å²) in [5.74, 6) is 0. The first-order valence-electron chi connectivity index (χ1n) is 2.70. The summed E-state index contributed by atoms with van der Waals surface area (Å²) in [4.78, 5) is 0. The van der Waals surface area contributed by atoms with E-state index in [1.54, 1.807) is 0 Å². The smallest absolute Gasteiger partial charge is 0.0641 e. The van der Waals surface area contributed by atoms with Gasteiger partial charge in [0.05, 0.1) is 12.5 Å². The molecule has 2 heteroatoms. The molecule has 0 aromatic rings. The molecule has 1 heterocycles. The van der Waals surface area contributed by atoms with Crippen LogP contribution in [0.25, 0.3) is 0 Å². The predicted octanol–water partition coefficient (Wildman–Crippen LogP) is 0.428. The molecule has 0 saturated heterocycles. The van der Waals surface area contributed by atoms with E-state index in [-0.39, 0.29) is 0 Å². The molecule has 0 unspecified atom stereocenters. The zero-order valence-corrected chi connectivity index (χ0v) is 4.59. The van der Waals surface area contributed by atoms with E-state index >= 15 is 0 Å². The first-order valence-corrected chi connectivity index (χ1v) is 2.70. The van der Waals surface area contributed by atoms with E-state index < -0.39 is 0 Å². The topological polar surface area (TPSA) is 35.8 Å². The number of hydrogen-bond acceptors (Lipinski definition) is 2. The molecule has 2 nitrogen and oxygen atoms in total. The molecule has 0 spiro atoms. The third kappa shape index (κ3) is 1.08. The van der Waals surface area contributed by atoms with Crippen molar-refractivity contribution in [3.05, 3.63) is 12.2 Å². The van der Waals surface area contributed by atoms with Crippen molar-refractivity contribution in [3.63, 3.8) is 0 Å². The molecule has 0 saturated carbocycles. The fourth-order valence-corrected chi connectivity index (χ4v) is 0.758. The van der Waals surface area contributed by atoms with Crippen LogP contribution in [0.2, 0.25) is 0 Å². The van der Waals surface area contributed by atoms with Crippen LogP contribution in [0, 0.1) is 11.3 Å². The van der Waals surface area contributed by atoms with Crippen molar-refractivity contribution in [2.75, 3.05) is 6.54 Å². The maximum absolute atomic E-state index is 8.20. The molecule has 1 aliphatic heterocycles. The Kier molecular flexibility index (Phi) is 1.66. The molecule has 1 rings (SSSR count). The lowest BCUT2D eigenvalue weighted by molar-refractivity contribution is 0.682. The van der Waals surface area contributed by atoms with E-state index in [1.165, 1.54) is 0 Å². The molecule has 0 aromatic heterocycles. The molecular formula is C6H8N2. The summed E-state index contributed by atoms with van der Waals surface area (Å²) in [5, 5.41) is 11.3. The summed E-state index contributed by atoms with van der Waals surface area (Å²) in [6, 6.07) is 2.42. The molecule has 1 N–H and O–H groups in total. The molecule has 0 aliphatic carbocycles. The largest absolute Gasteiger partial charge is 0.306 e. The predicted molar refractivity (Wildman–Crippen MR) is 31.2 cm³/mol. The zero-order valence-electron chi connectivity index (χ0n) is 4.59. The number of nitrogens with one attached hydrogen (secondary N) is 1. The Hall–Kier alpha value is -0.810. The van der Waals surface area contributed by atoms with Crippen molar-refractivity contribution in [1.29, 1.82) is 5.26 Å². The second kappa shape index (κ2) is 2.49. The Morgan fingerprint density at radius 1 is 1.88 bits per heavy atom. The van der Waals surface area contributed by atoms with Crippen molar-refractivity contribution in [2.24, 2.45) is 0 Å². The van der Waals surface area contributed by atoms with Gasteiger partial charge < -0.3 is 5.32 Å². The second-order valence-electron chi connectivity index (χ2n) is 1.81. The summed E-state index contributed by atoms with van der Waals surface area (Å²) >= 11 is 0. The highest BCUT2D eigenvalue weighted by Crippen LogP contribution is 1.97. The van der Waals surface area contributed by atoms with E-state index in [2.05, 4.69) is 11.4 Å². The summed E-state index contributed by atoms with van der Waals surface area (Å²) < 4.78 is 0. The van der Waals surface area contributed by atoms with E-state index in [1.807, 2.05) is 12.2 Å². The maximum Gasteiger partial charge on any atom is 0.0641 e. The Balaban J connectivity index is 2.28. The van der Waals surface area contributed by atoms with E-state index in [4.69, 9.17) is 5.26 Å². The minimum atomic E-state index is 0.319. The van der Waals surface area contributed by atoms with Crippen LogP contribution in [0.15, 0.2) is 12.2 Å². The van der Waals surface area contributed by atoms with Gasteiger partial charge in [-0.25, -0.2) is 0 Å². The summed E-state index contributed by atoms with van der Waals surface area (Å²) in [5.41, 5.74) is 0. The average molecular weight is 108 g/mol. The van der Waals surface area contributed by atoms with Gasteiger partial charge in [0.2, 0.25) is 0 Å². The second-order valence-corrected chi connectivity index (χ2v) is 1.81. The molecule has 0 fully saturated rings. The van der Waals surface area contributed by atoms with Crippen LogP contribution in [0.4, 0.5) is 0 Å². The molecule has 1 atom stereocenters. The monoisotopic (exact) mass is 108 g/mol. The standard InChI is InChI=1S/C6H8N2/c7-4-3-6-2-1-5-8-6/h1-2,6,8H,3,5H2/t6-/m1/s1. The average Bonchev–Trinajstić information content (AvgIpc) is 2.19. The van der Waals surface area contributed by atoms with Gasteiger partial charge in [-0.3, -0.25) is 0 Å². The van der Waals surface area contributed by atoms with Gasteiger partial charge in [-0.1, -0.05) is 12.2 Å². The lowest BCUT2D eigenvalue weighted by Gasteiger charge is -1.99. The molecule has 0 amide bonds. The highest BCUT2D eigenvalue weighted by molar-refractivity contribution is 5.04. The fraction of sp³-hybridized carbons (Fsp3) is 0.500. The zero-order chi connectivity index (χ0) is 5.82. The van der Waals surface area contributed by atoms with E-state index in [9.17, 15) is 0 Å². The van der Waals surface area contributed by atoms with Crippen LogP contribution in [0.5, 0.6) is 0 Å². The number of rotatable bonds is 1. The number of hydrogen-bond donors (Lipinski definition) is 1. The van der Waals surface area contributed by atoms with Crippen molar-refractivity contribution < 1.29 is 0 Å². The van der Waals surface area contributed by atoms with Crippen molar-refractivity contribution in [1.82, 2.24) is 5.32 Å². The summed E-state index contributed by atoms with van der Waals surface area (Å²) in [7, 11) is 0. The summed E-state index contributed by atoms with van der Waals surface area (Å²) in [6.07, 6.45) is 4.67. The van der Waals surface area contributed by atoms with Crippen molar-refractivity contribution in [3.8, 4) is 6.07 Å². The maximum atomic E-state index is 8.20. The normalized spacial score (nSPS) is 25.6. The van der Waals surface area contributed by atoms with Crippen LogP contribution in [-0.2, 0) is 0 Å². The van der Waals surface area contributed by atoms with Gasteiger partial charge in [-0.2, -0.15) is 5.26 Å². The molecular weight excluding hydrogens is 100 g/mol. The summed E-state index contributed by atoms with van der Waals surface area (Å²) in [6.45, 7) is 0.923. The molecule has 1 aliphatic rings. The van der Waals surface area contributed by atoms with Gasteiger partial charge in [0, 0.05) is 12.6 Å². The van der Waals surface area contributed by atoms with Crippen LogP contribution in [0.1, 0.15) is 6.42 Å². The highest BCUT2D eigenvalue weighted by atomic mass is 14.9. The minimum Gasteiger partial charge on any atom is -0.306 e. The van der Waals surface area contributed by atoms with Gasteiger partial charge >= 0.3 is 0 Å². The SMILES string of the molecule is N#CC[C@H]1C=CCN1. The van der Waals surface area contributed by atoms with Crippen LogP contribution < -0.4 is 5.32 Å². The minimum absolute atomic E-state index is 0.319. The first kappa shape index (κ1) is 5.33. The molecule has 0 aromatic carbocycles. The Morgan fingerprint density at radius 3 is 3.25 bits per heavy atom. The van der Waals surface area contributed by atoms with Crippen LogP contribution in [0.3, 0.4) is 0 Å². The van der Waals surface area contributed by atoms with Gasteiger partial charge in [-0.15, -0.1) is 0 Å². The van der Waals surface area contributed by atoms with Crippen LogP contribution >= 0.6 is 0 Å².